The Morgan fingerprint density at radius 2 is 2.09 bits per heavy atom. The van der Waals surface area contributed by atoms with Gasteiger partial charge in [-0.1, -0.05) is 12.1 Å². The number of carbonyl (C=O) groups is 2. The van der Waals surface area contributed by atoms with E-state index in [1.807, 2.05) is 18.2 Å². The Balaban J connectivity index is 1.91. The highest BCUT2D eigenvalue weighted by Crippen LogP contribution is 2.25. The third kappa shape index (κ3) is 4.73. The summed E-state index contributed by atoms with van der Waals surface area (Å²) in [6, 6.07) is 7.40. The van der Waals surface area contributed by atoms with Crippen LogP contribution >= 0.6 is 15.9 Å². The summed E-state index contributed by atoms with van der Waals surface area (Å²) >= 11 is 3.38. The van der Waals surface area contributed by atoms with Crippen molar-refractivity contribution in [2.24, 2.45) is 0 Å². The Labute approximate surface area is 138 Å². The third-order valence-electron chi connectivity index (χ3n) is 3.83. The minimum Gasteiger partial charge on any atom is -0.483 e. The first kappa shape index (κ1) is 16.8. The van der Waals surface area contributed by atoms with E-state index < -0.39 is 5.97 Å². The van der Waals surface area contributed by atoms with Gasteiger partial charge in [0.1, 0.15) is 5.75 Å². The SMILES string of the molecule is O=C(O)CCC1CCCCN1C(=O)COc1ccccc1Br. The van der Waals surface area contributed by atoms with E-state index in [-0.39, 0.29) is 25.0 Å². The van der Waals surface area contributed by atoms with E-state index in [1.165, 1.54) is 0 Å². The van der Waals surface area contributed by atoms with Gasteiger partial charge in [-0.15, -0.1) is 0 Å². The summed E-state index contributed by atoms with van der Waals surface area (Å²) in [5.41, 5.74) is 0. The van der Waals surface area contributed by atoms with Gasteiger partial charge in [0.25, 0.3) is 5.91 Å². The van der Waals surface area contributed by atoms with Crippen LogP contribution in [0, 0.1) is 0 Å². The van der Waals surface area contributed by atoms with Crippen LogP contribution in [0.1, 0.15) is 32.1 Å². The number of rotatable bonds is 6. The predicted molar refractivity (Wildman–Crippen MR) is 85.9 cm³/mol. The van der Waals surface area contributed by atoms with Crippen LogP contribution in [0.25, 0.3) is 0 Å². The Morgan fingerprint density at radius 1 is 1.32 bits per heavy atom. The molecular formula is C16H20BrNO4. The molecule has 0 aromatic heterocycles. The fraction of sp³-hybridized carbons (Fsp3) is 0.500. The second-order valence-corrected chi connectivity index (χ2v) is 6.24. The largest absolute Gasteiger partial charge is 0.483 e. The molecule has 0 bridgehead atoms. The van der Waals surface area contributed by atoms with Crippen LogP contribution < -0.4 is 4.74 Å². The number of hydrogen-bond acceptors (Lipinski definition) is 3. The number of likely N-dealkylation sites (tertiary alicyclic amines) is 1. The van der Waals surface area contributed by atoms with Gasteiger partial charge in [0, 0.05) is 19.0 Å². The fourth-order valence-electron chi connectivity index (χ4n) is 2.70. The molecule has 1 saturated heterocycles. The fourth-order valence-corrected chi connectivity index (χ4v) is 3.10. The number of nitrogens with zero attached hydrogens (tertiary/aromatic N) is 1. The number of ether oxygens (including phenoxy) is 1. The smallest absolute Gasteiger partial charge is 0.303 e. The lowest BCUT2D eigenvalue weighted by Crippen LogP contribution is -2.46. The molecule has 1 unspecified atom stereocenters. The van der Waals surface area contributed by atoms with E-state index in [4.69, 9.17) is 9.84 Å². The van der Waals surface area contributed by atoms with E-state index in [1.54, 1.807) is 11.0 Å². The minimum atomic E-state index is -0.817. The maximum atomic E-state index is 12.4. The number of aliphatic carboxylic acids is 1. The monoisotopic (exact) mass is 369 g/mol. The lowest BCUT2D eigenvalue weighted by molar-refractivity contribution is -0.141. The molecule has 5 nitrogen and oxygen atoms in total. The van der Waals surface area contributed by atoms with Crippen LogP contribution in [0.4, 0.5) is 0 Å². The molecule has 1 heterocycles. The quantitative estimate of drug-likeness (QED) is 0.836. The summed E-state index contributed by atoms with van der Waals surface area (Å²) in [6.07, 6.45) is 3.48. The average molecular weight is 370 g/mol. The lowest BCUT2D eigenvalue weighted by atomic mass is 9.98. The molecule has 1 N–H and O–H groups in total. The van der Waals surface area contributed by atoms with Crippen molar-refractivity contribution >= 4 is 27.8 Å². The van der Waals surface area contributed by atoms with Gasteiger partial charge in [-0.2, -0.15) is 0 Å². The number of carbonyl (C=O) groups excluding carboxylic acids is 1. The second kappa shape index (κ2) is 8.17. The molecule has 1 atom stereocenters. The first-order valence-corrected chi connectivity index (χ1v) is 8.26. The number of carboxylic acid groups (broad SMARTS) is 1. The average Bonchev–Trinajstić information content (AvgIpc) is 2.52. The Morgan fingerprint density at radius 3 is 2.82 bits per heavy atom. The number of carboxylic acids is 1. The highest BCUT2D eigenvalue weighted by Gasteiger charge is 2.27. The van der Waals surface area contributed by atoms with Crippen molar-refractivity contribution in [2.75, 3.05) is 13.2 Å². The molecule has 0 radical (unpaired) electrons. The second-order valence-electron chi connectivity index (χ2n) is 5.39. The number of piperidine rings is 1. The van der Waals surface area contributed by atoms with E-state index in [2.05, 4.69) is 15.9 Å². The molecule has 1 aliphatic rings. The van der Waals surface area contributed by atoms with Gasteiger partial charge in [-0.25, -0.2) is 0 Å². The summed E-state index contributed by atoms with van der Waals surface area (Å²) in [4.78, 5) is 24.9. The van der Waals surface area contributed by atoms with E-state index >= 15 is 0 Å². The van der Waals surface area contributed by atoms with Gasteiger partial charge in [0.15, 0.2) is 6.61 Å². The van der Waals surface area contributed by atoms with Crippen LogP contribution in [-0.4, -0.2) is 41.1 Å². The summed E-state index contributed by atoms with van der Waals surface area (Å²) in [6.45, 7) is 0.661. The normalized spacial score (nSPS) is 18.0. The van der Waals surface area contributed by atoms with Crippen molar-refractivity contribution in [1.29, 1.82) is 0 Å². The standard InChI is InChI=1S/C16H20BrNO4/c17-13-6-1-2-7-14(13)22-11-15(19)18-10-4-3-5-12(18)8-9-16(20)21/h1-2,6-7,12H,3-5,8-11H2,(H,20,21). The molecule has 120 valence electrons. The molecule has 22 heavy (non-hydrogen) atoms. The van der Waals surface area contributed by atoms with Crippen molar-refractivity contribution in [3.8, 4) is 5.75 Å². The predicted octanol–water partition coefficient (Wildman–Crippen LogP) is 3.07. The summed E-state index contributed by atoms with van der Waals surface area (Å²) in [5, 5.41) is 8.82. The highest BCUT2D eigenvalue weighted by molar-refractivity contribution is 9.10. The van der Waals surface area contributed by atoms with E-state index in [0.717, 1.165) is 23.7 Å². The van der Waals surface area contributed by atoms with Gasteiger partial charge >= 0.3 is 5.97 Å². The maximum absolute atomic E-state index is 12.4. The zero-order valence-corrected chi connectivity index (χ0v) is 13.9. The third-order valence-corrected chi connectivity index (χ3v) is 4.48. The molecule has 6 heteroatoms. The molecule has 2 rings (SSSR count). The molecule has 1 amide bonds. The van der Waals surface area contributed by atoms with Gasteiger partial charge < -0.3 is 14.7 Å². The molecule has 0 spiro atoms. The zero-order valence-electron chi connectivity index (χ0n) is 12.3. The van der Waals surface area contributed by atoms with E-state index in [9.17, 15) is 9.59 Å². The molecule has 1 aromatic carbocycles. The topological polar surface area (TPSA) is 66.8 Å². The Bertz CT molecular complexity index is 535. The number of hydrogen-bond donors (Lipinski definition) is 1. The van der Waals surface area contributed by atoms with Crippen LogP contribution in [0.2, 0.25) is 0 Å². The lowest BCUT2D eigenvalue weighted by Gasteiger charge is -2.35. The zero-order chi connectivity index (χ0) is 15.9. The number of benzene rings is 1. The van der Waals surface area contributed by atoms with Gasteiger partial charge in [0.05, 0.1) is 4.47 Å². The Kier molecular flexibility index (Phi) is 6.24. The summed E-state index contributed by atoms with van der Waals surface area (Å²) in [5.74, 6) is -0.261. The van der Waals surface area contributed by atoms with Crippen LogP contribution in [0.5, 0.6) is 5.75 Å². The first-order chi connectivity index (χ1) is 10.6. The minimum absolute atomic E-state index is 0.0140. The summed E-state index contributed by atoms with van der Waals surface area (Å²) < 4.78 is 6.38. The number of para-hydroxylation sites is 1. The van der Waals surface area contributed by atoms with Crippen molar-refractivity contribution in [3.63, 3.8) is 0 Å². The van der Waals surface area contributed by atoms with Crippen molar-refractivity contribution < 1.29 is 19.4 Å². The van der Waals surface area contributed by atoms with Crippen molar-refractivity contribution in [1.82, 2.24) is 4.90 Å². The van der Waals surface area contributed by atoms with Crippen LogP contribution in [-0.2, 0) is 9.59 Å². The van der Waals surface area contributed by atoms with Crippen molar-refractivity contribution in [3.05, 3.63) is 28.7 Å². The Hall–Kier alpha value is -1.56. The van der Waals surface area contributed by atoms with Gasteiger partial charge in [-0.3, -0.25) is 9.59 Å². The number of halogens is 1. The first-order valence-electron chi connectivity index (χ1n) is 7.46. The molecule has 0 aliphatic carbocycles. The van der Waals surface area contributed by atoms with Gasteiger partial charge in [-0.05, 0) is 53.7 Å². The van der Waals surface area contributed by atoms with Gasteiger partial charge in [0.2, 0.25) is 0 Å². The van der Waals surface area contributed by atoms with E-state index in [0.29, 0.717) is 18.7 Å². The molecule has 1 fully saturated rings. The highest BCUT2D eigenvalue weighted by atomic mass is 79.9. The number of amides is 1. The summed E-state index contributed by atoms with van der Waals surface area (Å²) in [7, 11) is 0. The van der Waals surface area contributed by atoms with Crippen molar-refractivity contribution in [2.45, 2.75) is 38.1 Å². The molecule has 1 aromatic rings. The van der Waals surface area contributed by atoms with Crippen LogP contribution in [0.3, 0.4) is 0 Å². The molecular weight excluding hydrogens is 350 g/mol. The van der Waals surface area contributed by atoms with Crippen LogP contribution in [0.15, 0.2) is 28.7 Å². The molecule has 0 saturated carbocycles. The maximum Gasteiger partial charge on any atom is 0.303 e. The molecule has 1 aliphatic heterocycles.